The maximum absolute atomic E-state index is 13.6. The predicted molar refractivity (Wildman–Crippen MR) is 127 cm³/mol. The summed E-state index contributed by atoms with van der Waals surface area (Å²) in [4.78, 5) is 29.1. The molecule has 0 fully saturated rings. The zero-order valence-electron chi connectivity index (χ0n) is 18.2. The lowest BCUT2D eigenvalue weighted by Crippen LogP contribution is -2.33. The highest BCUT2D eigenvalue weighted by atomic mass is 32.1. The average Bonchev–Trinajstić information content (AvgIpc) is 3.41. The van der Waals surface area contributed by atoms with Gasteiger partial charge in [0.05, 0.1) is 17.4 Å². The molecule has 0 aliphatic carbocycles. The smallest absolute Gasteiger partial charge is 0.282 e. The molecule has 5 rings (SSSR count). The minimum atomic E-state index is -0.446. The van der Waals surface area contributed by atoms with Gasteiger partial charge in [-0.1, -0.05) is 18.2 Å². The Bertz CT molecular complexity index is 1250. The number of carbonyl (C=O) groups is 2. The van der Waals surface area contributed by atoms with E-state index in [-0.39, 0.29) is 11.8 Å². The van der Waals surface area contributed by atoms with Crippen LogP contribution < -0.4 is 24.4 Å². The number of benzene rings is 2. The third kappa shape index (κ3) is 3.93. The number of imide groups is 1. The molecule has 2 aliphatic rings. The van der Waals surface area contributed by atoms with E-state index in [0.29, 0.717) is 52.3 Å². The van der Waals surface area contributed by atoms with E-state index >= 15 is 0 Å². The van der Waals surface area contributed by atoms with Crippen molar-refractivity contribution in [3.63, 3.8) is 0 Å². The number of rotatable bonds is 6. The van der Waals surface area contributed by atoms with E-state index in [4.69, 9.17) is 14.2 Å². The first-order chi connectivity index (χ1) is 16.0. The minimum absolute atomic E-state index is 0.112. The van der Waals surface area contributed by atoms with Crippen LogP contribution in [0, 0.1) is 0 Å². The fraction of sp³-hybridized carbons (Fsp3) is 0.200. The third-order valence-corrected chi connectivity index (χ3v) is 6.02. The van der Waals surface area contributed by atoms with Crippen LogP contribution in [0.3, 0.4) is 0 Å². The van der Waals surface area contributed by atoms with Crippen molar-refractivity contribution in [2.45, 2.75) is 20.0 Å². The number of hydrogen-bond acceptors (Lipinski definition) is 7. The molecule has 168 valence electrons. The highest BCUT2D eigenvalue weighted by Crippen LogP contribution is 2.40. The van der Waals surface area contributed by atoms with Gasteiger partial charge < -0.3 is 19.5 Å². The summed E-state index contributed by atoms with van der Waals surface area (Å²) >= 11 is 1.40. The molecular weight excluding hydrogens is 440 g/mol. The molecule has 0 spiro atoms. The topological polar surface area (TPSA) is 77.1 Å². The van der Waals surface area contributed by atoms with Crippen molar-refractivity contribution in [2.24, 2.45) is 0 Å². The second kappa shape index (κ2) is 8.63. The number of nitrogens with one attached hydrogen (secondary N) is 1. The van der Waals surface area contributed by atoms with Crippen LogP contribution in [0.1, 0.15) is 18.7 Å². The summed E-state index contributed by atoms with van der Waals surface area (Å²) in [6.45, 7) is 4.74. The molecule has 1 aromatic heterocycles. The summed E-state index contributed by atoms with van der Waals surface area (Å²) in [6.07, 6.45) is -0.112. The lowest BCUT2D eigenvalue weighted by atomic mass is 10.1. The zero-order valence-corrected chi connectivity index (χ0v) is 19.0. The van der Waals surface area contributed by atoms with Gasteiger partial charge in [-0.2, -0.15) is 0 Å². The van der Waals surface area contributed by atoms with E-state index < -0.39 is 11.8 Å². The Morgan fingerprint density at radius 3 is 2.52 bits per heavy atom. The molecule has 7 nitrogen and oxygen atoms in total. The Kier molecular flexibility index (Phi) is 5.51. The van der Waals surface area contributed by atoms with Crippen LogP contribution in [0.5, 0.6) is 17.2 Å². The van der Waals surface area contributed by atoms with Crippen molar-refractivity contribution in [1.82, 2.24) is 0 Å². The second-order valence-electron chi connectivity index (χ2n) is 7.79. The van der Waals surface area contributed by atoms with Gasteiger partial charge in [0.1, 0.15) is 24.7 Å². The van der Waals surface area contributed by atoms with Crippen molar-refractivity contribution < 1.29 is 23.8 Å². The number of anilines is 2. The molecule has 2 aliphatic heterocycles. The highest BCUT2D eigenvalue weighted by molar-refractivity contribution is 7.11. The summed E-state index contributed by atoms with van der Waals surface area (Å²) in [5.41, 5.74) is 1.56. The molecule has 0 atom stereocenters. The molecule has 0 saturated heterocycles. The van der Waals surface area contributed by atoms with E-state index in [1.165, 1.54) is 16.2 Å². The largest absolute Gasteiger partial charge is 0.489 e. The van der Waals surface area contributed by atoms with Crippen molar-refractivity contribution >= 4 is 40.1 Å². The molecule has 2 amide bonds. The normalized spacial score (nSPS) is 15.4. The number of amides is 2. The van der Waals surface area contributed by atoms with Crippen LogP contribution >= 0.6 is 11.3 Å². The van der Waals surface area contributed by atoms with E-state index in [2.05, 4.69) is 5.32 Å². The Morgan fingerprint density at radius 1 is 0.970 bits per heavy atom. The Labute approximate surface area is 195 Å². The number of fused-ring (bicyclic) bond motifs is 1. The van der Waals surface area contributed by atoms with Crippen LogP contribution in [0.2, 0.25) is 0 Å². The van der Waals surface area contributed by atoms with E-state index in [1.54, 1.807) is 36.4 Å². The van der Waals surface area contributed by atoms with Gasteiger partial charge in [-0.05, 0) is 49.6 Å². The maximum atomic E-state index is 13.6. The molecule has 8 heteroatoms. The number of nitrogens with zero attached hydrogens (tertiary/aromatic N) is 1. The molecule has 0 bridgehead atoms. The van der Waals surface area contributed by atoms with Gasteiger partial charge in [0, 0.05) is 16.6 Å². The van der Waals surface area contributed by atoms with Gasteiger partial charge in [-0.25, -0.2) is 4.90 Å². The summed E-state index contributed by atoms with van der Waals surface area (Å²) in [7, 11) is 0. The summed E-state index contributed by atoms with van der Waals surface area (Å²) in [6, 6.07) is 16.1. The Balaban J connectivity index is 1.56. The van der Waals surface area contributed by atoms with Gasteiger partial charge in [0.2, 0.25) is 0 Å². The minimum Gasteiger partial charge on any atom is -0.489 e. The number of thiophene rings is 1. The molecule has 0 radical (unpaired) electrons. The van der Waals surface area contributed by atoms with Crippen LogP contribution in [-0.4, -0.2) is 31.1 Å². The molecule has 2 aromatic carbocycles. The molecule has 0 unspecified atom stereocenters. The number of hydrogen-bond donors (Lipinski definition) is 1. The molecule has 0 saturated carbocycles. The lowest BCUT2D eigenvalue weighted by Gasteiger charge is -2.21. The molecule has 33 heavy (non-hydrogen) atoms. The van der Waals surface area contributed by atoms with Gasteiger partial charge >= 0.3 is 0 Å². The zero-order chi connectivity index (χ0) is 22.9. The van der Waals surface area contributed by atoms with E-state index in [0.717, 1.165) is 0 Å². The summed E-state index contributed by atoms with van der Waals surface area (Å²) in [5, 5.41) is 5.04. The number of carbonyl (C=O) groups excluding carboxylic acids is 2. The van der Waals surface area contributed by atoms with E-state index in [9.17, 15) is 9.59 Å². The molecule has 1 N–H and O–H groups in total. The first-order valence-corrected chi connectivity index (χ1v) is 11.5. The van der Waals surface area contributed by atoms with Crippen LogP contribution in [0.25, 0.3) is 5.57 Å². The molecule has 3 heterocycles. The first-order valence-electron chi connectivity index (χ1n) is 10.6. The second-order valence-corrected chi connectivity index (χ2v) is 8.74. The van der Waals surface area contributed by atoms with Gasteiger partial charge in [-0.15, -0.1) is 11.3 Å². The van der Waals surface area contributed by atoms with Crippen molar-refractivity contribution in [3.8, 4) is 17.2 Å². The highest BCUT2D eigenvalue weighted by Gasteiger charge is 2.42. The Morgan fingerprint density at radius 2 is 1.76 bits per heavy atom. The quantitative estimate of drug-likeness (QED) is 0.535. The van der Waals surface area contributed by atoms with Crippen molar-refractivity contribution in [1.29, 1.82) is 0 Å². The van der Waals surface area contributed by atoms with Crippen LogP contribution in [0.4, 0.5) is 11.4 Å². The summed E-state index contributed by atoms with van der Waals surface area (Å²) in [5.74, 6) is 0.865. The third-order valence-electron chi connectivity index (χ3n) is 5.13. The van der Waals surface area contributed by atoms with Crippen molar-refractivity contribution in [3.05, 3.63) is 70.6 Å². The SMILES string of the molecule is CC(C)Oc1ccccc1N1C(=O)C(Nc2ccc3c(c2)OCCO3)=C(c2cccs2)C1=O. The first kappa shape index (κ1) is 21.1. The van der Waals surface area contributed by atoms with Crippen LogP contribution in [-0.2, 0) is 9.59 Å². The van der Waals surface area contributed by atoms with Crippen molar-refractivity contribution in [2.75, 3.05) is 23.4 Å². The summed E-state index contributed by atoms with van der Waals surface area (Å²) < 4.78 is 17.1. The lowest BCUT2D eigenvalue weighted by molar-refractivity contribution is -0.120. The van der Waals surface area contributed by atoms with Gasteiger partial charge in [0.15, 0.2) is 11.5 Å². The average molecular weight is 463 g/mol. The number of para-hydroxylation sites is 2. The van der Waals surface area contributed by atoms with Gasteiger partial charge in [-0.3, -0.25) is 9.59 Å². The monoisotopic (exact) mass is 462 g/mol. The van der Waals surface area contributed by atoms with Crippen LogP contribution in [0.15, 0.2) is 65.7 Å². The fourth-order valence-electron chi connectivity index (χ4n) is 3.77. The maximum Gasteiger partial charge on any atom is 0.282 e. The molecule has 3 aromatic rings. The molecular formula is C25H22N2O5S. The number of ether oxygens (including phenoxy) is 3. The van der Waals surface area contributed by atoms with Gasteiger partial charge in [0.25, 0.3) is 11.8 Å². The fourth-order valence-corrected chi connectivity index (χ4v) is 4.54. The van der Waals surface area contributed by atoms with E-state index in [1.807, 2.05) is 37.4 Å². The Hall–Kier alpha value is -3.78. The standard InChI is InChI=1S/C25H22N2O5S/c1-15(2)32-18-7-4-3-6-17(18)27-24(28)22(21-8-5-13-33-21)23(25(27)29)26-16-9-10-19-20(14-16)31-12-11-30-19/h3-10,13-15,26H,11-12H2,1-2H3. The predicted octanol–water partition coefficient (Wildman–Crippen LogP) is 4.70.